The quantitative estimate of drug-likeness (QED) is 0.876. The first kappa shape index (κ1) is 14.7. The lowest BCUT2D eigenvalue weighted by Gasteiger charge is -2.13. The molecule has 1 N–H and O–H groups in total. The highest BCUT2D eigenvalue weighted by Gasteiger charge is 2.11. The minimum Gasteiger partial charge on any atom is -0.215 e. The van der Waals surface area contributed by atoms with Gasteiger partial charge in [0.15, 0.2) is 0 Å². The van der Waals surface area contributed by atoms with Crippen LogP contribution in [0.3, 0.4) is 0 Å². The van der Waals surface area contributed by atoms with Gasteiger partial charge in [0.05, 0.1) is 5.75 Å². The van der Waals surface area contributed by atoms with Crippen molar-refractivity contribution in [2.24, 2.45) is 0 Å². The molecule has 0 radical (unpaired) electrons. The summed E-state index contributed by atoms with van der Waals surface area (Å²) in [4.78, 5) is 0. The average Bonchev–Trinajstić information content (AvgIpc) is 2.27. The van der Waals surface area contributed by atoms with Gasteiger partial charge in [-0.25, -0.2) is 13.1 Å². The van der Waals surface area contributed by atoms with E-state index in [1.807, 2.05) is 38.1 Å². The lowest BCUT2D eigenvalue weighted by atomic mass is 10.0. The van der Waals surface area contributed by atoms with E-state index in [9.17, 15) is 8.42 Å². The summed E-state index contributed by atoms with van der Waals surface area (Å²) in [7, 11) is -3.10. The van der Waals surface area contributed by atoms with E-state index in [4.69, 9.17) is 0 Å². The molecule has 0 aliphatic rings. The van der Waals surface area contributed by atoms with Crippen LogP contribution in [0.15, 0.2) is 28.7 Å². The lowest BCUT2D eigenvalue weighted by molar-refractivity contribution is 0.573. The van der Waals surface area contributed by atoms with Crippen LogP contribution in [0.4, 0.5) is 0 Å². The maximum atomic E-state index is 11.5. The van der Waals surface area contributed by atoms with Crippen LogP contribution < -0.4 is 4.72 Å². The monoisotopic (exact) mass is 319 g/mol. The second-order valence-corrected chi connectivity index (χ2v) is 6.96. The smallest absolute Gasteiger partial charge is 0.211 e. The molecule has 0 heterocycles. The van der Waals surface area contributed by atoms with Crippen molar-refractivity contribution in [1.29, 1.82) is 0 Å². The fraction of sp³-hybridized carbons (Fsp3) is 0.500. The molecule has 0 unspecified atom stereocenters. The largest absolute Gasteiger partial charge is 0.215 e. The summed E-state index contributed by atoms with van der Waals surface area (Å²) in [6, 6.07) is 7.94. The van der Waals surface area contributed by atoms with Crippen LogP contribution in [0.2, 0.25) is 0 Å². The zero-order valence-electron chi connectivity index (χ0n) is 10.1. The van der Waals surface area contributed by atoms with Crippen LogP contribution in [0.5, 0.6) is 0 Å². The Labute approximate surface area is 112 Å². The molecule has 0 aliphatic carbocycles. The Morgan fingerprint density at radius 2 is 1.88 bits per heavy atom. The van der Waals surface area contributed by atoms with Crippen molar-refractivity contribution in [1.82, 2.24) is 4.72 Å². The van der Waals surface area contributed by atoms with E-state index in [-0.39, 0.29) is 11.7 Å². The third-order valence-electron chi connectivity index (χ3n) is 2.52. The molecule has 0 saturated heterocycles. The Morgan fingerprint density at radius 1 is 1.29 bits per heavy atom. The molecule has 3 nitrogen and oxygen atoms in total. The van der Waals surface area contributed by atoms with Crippen molar-refractivity contribution in [2.75, 3.05) is 12.3 Å². The maximum Gasteiger partial charge on any atom is 0.211 e. The van der Waals surface area contributed by atoms with Crippen molar-refractivity contribution < 1.29 is 8.42 Å². The summed E-state index contributed by atoms with van der Waals surface area (Å²) in [5.74, 6) is 0.370. The number of rotatable bonds is 6. The Hall–Kier alpha value is -0.390. The fourth-order valence-electron chi connectivity index (χ4n) is 1.50. The van der Waals surface area contributed by atoms with Crippen LogP contribution in [0, 0.1) is 0 Å². The molecular weight excluding hydrogens is 302 g/mol. The molecular formula is C12H18BrNO2S. The molecule has 0 fully saturated rings. The number of benzene rings is 1. The standard InChI is InChI=1S/C12H18BrNO2S/c1-3-8-17(15,16)14-9-10(2)11-4-6-12(13)7-5-11/h4-7,10,14H,3,8-9H2,1-2H3/t10-/m1/s1. The van der Waals surface area contributed by atoms with Crippen LogP contribution in [-0.2, 0) is 10.0 Å². The first-order chi connectivity index (χ1) is 7.94. The maximum absolute atomic E-state index is 11.5. The van der Waals surface area contributed by atoms with E-state index in [1.54, 1.807) is 0 Å². The van der Waals surface area contributed by atoms with Crippen LogP contribution in [-0.4, -0.2) is 20.7 Å². The second kappa shape index (κ2) is 6.52. The van der Waals surface area contributed by atoms with Crippen molar-refractivity contribution in [3.05, 3.63) is 34.3 Å². The van der Waals surface area contributed by atoms with Gasteiger partial charge in [0, 0.05) is 11.0 Å². The van der Waals surface area contributed by atoms with E-state index in [0.29, 0.717) is 13.0 Å². The van der Waals surface area contributed by atoms with Gasteiger partial charge in [-0.15, -0.1) is 0 Å². The Kier molecular flexibility index (Phi) is 5.62. The average molecular weight is 320 g/mol. The third kappa shape index (κ3) is 5.19. The van der Waals surface area contributed by atoms with E-state index < -0.39 is 10.0 Å². The zero-order chi connectivity index (χ0) is 12.9. The normalized spacial score (nSPS) is 13.6. The van der Waals surface area contributed by atoms with Gasteiger partial charge in [0.25, 0.3) is 0 Å². The highest BCUT2D eigenvalue weighted by molar-refractivity contribution is 9.10. The predicted molar refractivity (Wildman–Crippen MR) is 74.6 cm³/mol. The van der Waals surface area contributed by atoms with Gasteiger partial charge in [-0.3, -0.25) is 0 Å². The third-order valence-corrected chi connectivity index (χ3v) is 4.60. The van der Waals surface area contributed by atoms with Crippen LogP contribution >= 0.6 is 15.9 Å². The molecule has 0 saturated carbocycles. The SMILES string of the molecule is CCCS(=O)(=O)NC[C@@H](C)c1ccc(Br)cc1. The molecule has 5 heteroatoms. The highest BCUT2D eigenvalue weighted by Crippen LogP contribution is 2.17. The molecule has 1 atom stereocenters. The summed E-state index contributed by atoms with van der Waals surface area (Å²) in [5.41, 5.74) is 1.13. The van der Waals surface area contributed by atoms with Crippen molar-refractivity contribution >= 4 is 26.0 Å². The Balaban J connectivity index is 2.55. The molecule has 0 amide bonds. The Morgan fingerprint density at radius 3 is 2.41 bits per heavy atom. The molecule has 0 spiro atoms. The van der Waals surface area contributed by atoms with Gasteiger partial charge in [0.2, 0.25) is 10.0 Å². The van der Waals surface area contributed by atoms with Gasteiger partial charge in [0.1, 0.15) is 0 Å². The number of sulfonamides is 1. The van der Waals surface area contributed by atoms with Gasteiger partial charge in [-0.2, -0.15) is 0 Å². The van der Waals surface area contributed by atoms with Gasteiger partial charge < -0.3 is 0 Å². The molecule has 1 aromatic carbocycles. The number of nitrogens with one attached hydrogen (secondary N) is 1. The summed E-state index contributed by atoms with van der Waals surface area (Å²) in [6.07, 6.45) is 0.641. The van der Waals surface area contributed by atoms with E-state index >= 15 is 0 Å². The molecule has 0 aliphatic heterocycles. The summed E-state index contributed by atoms with van der Waals surface area (Å²) in [6.45, 7) is 4.32. The first-order valence-electron chi connectivity index (χ1n) is 5.67. The van der Waals surface area contributed by atoms with E-state index in [2.05, 4.69) is 20.7 Å². The topological polar surface area (TPSA) is 46.2 Å². The minimum absolute atomic E-state index is 0.176. The lowest BCUT2D eigenvalue weighted by Crippen LogP contribution is -2.29. The van der Waals surface area contributed by atoms with E-state index in [0.717, 1.165) is 10.0 Å². The molecule has 96 valence electrons. The number of hydrogen-bond acceptors (Lipinski definition) is 2. The Bertz CT molecular complexity index is 442. The first-order valence-corrected chi connectivity index (χ1v) is 8.12. The zero-order valence-corrected chi connectivity index (χ0v) is 12.5. The van der Waals surface area contributed by atoms with Crippen LogP contribution in [0.25, 0.3) is 0 Å². The summed E-state index contributed by atoms with van der Waals surface area (Å²) in [5, 5.41) is 0. The molecule has 1 aromatic rings. The van der Waals surface area contributed by atoms with Gasteiger partial charge in [-0.1, -0.05) is 41.9 Å². The predicted octanol–water partition coefficient (Wildman–Crippen LogP) is 2.88. The summed E-state index contributed by atoms with van der Waals surface area (Å²) < 4.78 is 26.7. The van der Waals surface area contributed by atoms with Gasteiger partial charge >= 0.3 is 0 Å². The second-order valence-electron chi connectivity index (χ2n) is 4.12. The van der Waals surface area contributed by atoms with Crippen molar-refractivity contribution in [3.63, 3.8) is 0 Å². The minimum atomic E-state index is -3.10. The van der Waals surface area contributed by atoms with Crippen molar-refractivity contribution in [3.8, 4) is 0 Å². The van der Waals surface area contributed by atoms with Crippen molar-refractivity contribution in [2.45, 2.75) is 26.2 Å². The number of halogens is 1. The van der Waals surface area contributed by atoms with E-state index in [1.165, 1.54) is 0 Å². The number of hydrogen-bond donors (Lipinski definition) is 1. The molecule has 0 aromatic heterocycles. The molecule has 0 bridgehead atoms. The van der Waals surface area contributed by atoms with Gasteiger partial charge in [-0.05, 0) is 30.0 Å². The molecule has 17 heavy (non-hydrogen) atoms. The molecule has 1 rings (SSSR count). The summed E-state index contributed by atoms with van der Waals surface area (Å²) >= 11 is 3.37. The highest BCUT2D eigenvalue weighted by atomic mass is 79.9. The van der Waals surface area contributed by atoms with Crippen LogP contribution in [0.1, 0.15) is 31.7 Å². The fourth-order valence-corrected chi connectivity index (χ4v) is 2.95.